The van der Waals surface area contributed by atoms with Gasteiger partial charge in [0.25, 0.3) is 10.2 Å². The summed E-state index contributed by atoms with van der Waals surface area (Å²) in [5.74, 6) is 0.0748. The summed E-state index contributed by atoms with van der Waals surface area (Å²) in [4.78, 5) is 12.5. The van der Waals surface area contributed by atoms with Gasteiger partial charge in [-0.2, -0.15) is 17.0 Å². The van der Waals surface area contributed by atoms with Crippen molar-refractivity contribution >= 4 is 16.0 Å². The number of nitrogens with zero attached hydrogens (tertiary/aromatic N) is 2. The lowest BCUT2D eigenvalue weighted by Gasteiger charge is -2.35. The molecule has 0 unspecified atom stereocenters. The highest BCUT2D eigenvalue weighted by Crippen LogP contribution is 2.25. The molecule has 0 atom stereocenters. The molecule has 2 aliphatic heterocycles. The molecule has 2 fully saturated rings. The number of ketones is 1. The van der Waals surface area contributed by atoms with Crippen LogP contribution in [-0.4, -0.2) is 49.0 Å². The lowest BCUT2D eigenvalue weighted by atomic mass is 9.90. The predicted molar refractivity (Wildman–Crippen MR) is 89.4 cm³/mol. The second-order valence-electron chi connectivity index (χ2n) is 6.37. The molecule has 1 aromatic rings. The Labute approximate surface area is 138 Å². The Morgan fingerprint density at radius 1 is 0.870 bits per heavy atom. The van der Waals surface area contributed by atoms with Gasteiger partial charge in [0.2, 0.25) is 0 Å². The summed E-state index contributed by atoms with van der Waals surface area (Å²) in [7, 11) is -3.34. The van der Waals surface area contributed by atoms with Crippen molar-refractivity contribution in [1.82, 2.24) is 8.61 Å². The quantitative estimate of drug-likeness (QED) is 0.793. The molecule has 23 heavy (non-hydrogen) atoms. The molecule has 0 bridgehead atoms. The smallest absolute Gasteiger partial charge is 0.281 e. The summed E-state index contributed by atoms with van der Waals surface area (Å²) >= 11 is 0. The number of benzene rings is 1. The number of carbonyl (C=O) groups excluding carboxylic acids is 1. The molecule has 0 aromatic heterocycles. The van der Waals surface area contributed by atoms with Gasteiger partial charge in [0, 0.05) is 37.7 Å². The fraction of sp³-hybridized carbons (Fsp3) is 0.588. The van der Waals surface area contributed by atoms with Crippen LogP contribution in [-0.2, 0) is 10.2 Å². The van der Waals surface area contributed by atoms with E-state index >= 15 is 0 Å². The summed E-state index contributed by atoms with van der Waals surface area (Å²) in [6.07, 6.45) is 4.23. The molecule has 126 valence electrons. The second-order valence-corrected chi connectivity index (χ2v) is 8.30. The predicted octanol–water partition coefficient (Wildman–Crippen LogP) is 2.31. The zero-order valence-electron chi connectivity index (χ0n) is 13.4. The first-order valence-electron chi connectivity index (χ1n) is 8.43. The third kappa shape index (κ3) is 3.65. The lowest BCUT2D eigenvalue weighted by molar-refractivity contribution is 0.0872. The van der Waals surface area contributed by atoms with Gasteiger partial charge >= 0.3 is 0 Å². The van der Waals surface area contributed by atoms with Gasteiger partial charge in [-0.3, -0.25) is 4.79 Å². The van der Waals surface area contributed by atoms with Crippen LogP contribution in [0.5, 0.6) is 0 Å². The van der Waals surface area contributed by atoms with Crippen molar-refractivity contribution < 1.29 is 13.2 Å². The van der Waals surface area contributed by atoms with E-state index in [1.807, 2.05) is 30.3 Å². The average Bonchev–Trinajstić information content (AvgIpc) is 2.63. The van der Waals surface area contributed by atoms with E-state index in [1.54, 1.807) is 8.61 Å². The van der Waals surface area contributed by atoms with Crippen molar-refractivity contribution in [3.05, 3.63) is 35.9 Å². The molecule has 0 N–H and O–H groups in total. The monoisotopic (exact) mass is 336 g/mol. The third-order valence-electron chi connectivity index (χ3n) is 4.85. The Morgan fingerprint density at radius 3 is 2.04 bits per heavy atom. The summed E-state index contributed by atoms with van der Waals surface area (Å²) in [6, 6.07) is 9.29. The zero-order chi connectivity index (χ0) is 16.3. The first-order valence-corrected chi connectivity index (χ1v) is 9.83. The van der Waals surface area contributed by atoms with Gasteiger partial charge < -0.3 is 0 Å². The van der Waals surface area contributed by atoms with Crippen molar-refractivity contribution in [1.29, 1.82) is 0 Å². The maximum absolute atomic E-state index is 12.7. The van der Waals surface area contributed by atoms with E-state index in [9.17, 15) is 13.2 Å². The maximum atomic E-state index is 12.7. The fourth-order valence-electron chi connectivity index (χ4n) is 3.45. The van der Waals surface area contributed by atoms with Crippen LogP contribution in [0.2, 0.25) is 0 Å². The van der Waals surface area contributed by atoms with Crippen LogP contribution in [0, 0.1) is 5.92 Å². The van der Waals surface area contributed by atoms with Crippen LogP contribution in [0.1, 0.15) is 42.5 Å². The summed E-state index contributed by atoms with van der Waals surface area (Å²) in [6.45, 7) is 2.15. The van der Waals surface area contributed by atoms with Crippen LogP contribution in [0.3, 0.4) is 0 Å². The molecule has 0 aliphatic carbocycles. The van der Waals surface area contributed by atoms with E-state index in [0.29, 0.717) is 39.0 Å². The Balaban J connectivity index is 1.61. The first kappa shape index (κ1) is 16.6. The Hall–Kier alpha value is -1.24. The molecule has 6 heteroatoms. The minimum Gasteiger partial charge on any atom is -0.294 e. The number of piperidine rings is 2. The van der Waals surface area contributed by atoms with Gasteiger partial charge in [-0.1, -0.05) is 36.8 Å². The van der Waals surface area contributed by atoms with Crippen LogP contribution in [0.4, 0.5) is 0 Å². The number of hydrogen-bond acceptors (Lipinski definition) is 3. The number of carbonyl (C=O) groups is 1. The largest absolute Gasteiger partial charge is 0.294 e. The molecule has 0 saturated carbocycles. The van der Waals surface area contributed by atoms with Crippen molar-refractivity contribution in [3.8, 4) is 0 Å². The van der Waals surface area contributed by atoms with Crippen LogP contribution < -0.4 is 0 Å². The first-order chi connectivity index (χ1) is 11.1. The molecule has 0 amide bonds. The van der Waals surface area contributed by atoms with E-state index < -0.39 is 10.2 Å². The molecule has 0 spiro atoms. The fourth-order valence-corrected chi connectivity index (χ4v) is 5.16. The van der Waals surface area contributed by atoms with Gasteiger partial charge in [0.05, 0.1) is 0 Å². The van der Waals surface area contributed by atoms with Crippen molar-refractivity contribution in [2.24, 2.45) is 5.92 Å². The van der Waals surface area contributed by atoms with Gasteiger partial charge in [-0.05, 0) is 25.7 Å². The van der Waals surface area contributed by atoms with E-state index in [-0.39, 0.29) is 11.7 Å². The van der Waals surface area contributed by atoms with E-state index in [0.717, 1.165) is 24.8 Å². The topological polar surface area (TPSA) is 57.7 Å². The highest BCUT2D eigenvalue weighted by Gasteiger charge is 2.35. The van der Waals surface area contributed by atoms with Gasteiger partial charge in [0.1, 0.15) is 0 Å². The number of rotatable bonds is 4. The van der Waals surface area contributed by atoms with E-state index in [4.69, 9.17) is 0 Å². The molecule has 2 heterocycles. The number of Topliss-reactive ketones (excluding diaryl/α,β-unsaturated/α-hetero) is 1. The molecular formula is C17H24N2O3S. The molecule has 5 nitrogen and oxygen atoms in total. The van der Waals surface area contributed by atoms with Gasteiger partial charge in [0.15, 0.2) is 5.78 Å². The van der Waals surface area contributed by atoms with Crippen molar-refractivity contribution in [2.45, 2.75) is 32.1 Å². The summed E-state index contributed by atoms with van der Waals surface area (Å²) < 4.78 is 28.5. The standard InChI is InChI=1S/C17H24N2O3S/c20-17(15-7-3-1-4-8-15)16-9-13-19(14-10-16)23(21,22)18-11-5-2-6-12-18/h1,3-4,7-8,16H,2,5-6,9-14H2. The molecule has 2 aliphatic rings. The van der Waals surface area contributed by atoms with Crippen molar-refractivity contribution in [2.75, 3.05) is 26.2 Å². The molecule has 0 radical (unpaired) electrons. The lowest BCUT2D eigenvalue weighted by Crippen LogP contribution is -2.49. The minimum atomic E-state index is -3.34. The van der Waals surface area contributed by atoms with Crippen molar-refractivity contribution in [3.63, 3.8) is 0 Å². The third-order valence-corrected chi connectivity index (χ3v) is 6.89. The normalized spacial score (nSPS) is 22.1. The van der Waals surface area contributed by atoms with E-state index in [1.165, 1.54) is 0 Å². The highest BCUT2D eigenvalue weighted by molar-refractivity contribution is 7.86. The Kier molecular flexibility index (Phi) is 5.14. The average molecular weight is 336 g/mol. The minimum absolute atomic E-state index is 0.0646. The molecule has 1 aromatic carbocycles. The summed E-state index contributed by atoms with van der Waals surface area (Å²) in [5, 5.41) is 0. The van der Waals surface area contributed by atoms with Crippen LogP contribution in [0.25, 0.3) is 0 Å². The molecule has 3 rings (SSSR count). The van der Waals surface area contributed by atoms with Crippen LogP contribution in [0.15, 0.2) is 30.3 Å². The molecule has 2 saturated heterocycles. The van der Waals surface area contributed by atoms with Gasteiger partial charge in [-0.25, -0.2) is 0 Å². The van der Waals surface area contributed by atoms with Gasteiger partial charge in [-0.15, -0.1) is 0 Å². The van der Waals surface area contributed by atoms with Crippen LogP contribution >= 0.6 is 0 Å². The maximum Gasteiger partial charge on any atom is 0.281 e. The number of hydrogen-bond donors (Lipinski definition) is 0. The van der Waals surface area contributed by atoms with E-state index in [2.05, 4.69) is 0 Å². The zero-order valence-corrected chi connectivity index (χ0v) is 14.2. The molecular weight excluding hydrogens is 312 g/mol. The Bertz CT molecular complexity index is 631. The SMILES string of the molecule is O=C(c1ccccc1)C1CCN(S(=O)(=O)N2CCCCC2)CC1. The summed E-state index contributed by atoms with van der Waals surface area (Å²) in [5.41, 5.74) is 0.727. The second kappa shape index (κ2) is 7.11. The highest BCUT2D eigenvalue weighted by atomic mass is 32.2. The Morgan fingerprint density at radius 2 is 1.43 bits per heavy atom.